The van der Waals surface area contributed by atoms with Crippen molar-refractivity contribution in [1.82, 2.24) is 15.3 Å². The molecule has 1 saturated heterocycles. The summed E-state index contributed by atoms with van der Waals surface area (Å²) in [6, 6.07) is -0.434. The number of aromatic nitrogens is 2. The predicted molar refractivity (Wildman–Crippen MR) is 83.2 cm³/mol. The topological polar surface area (TPSA) is 76.6 Å². The third kappa shape index (κ3) is 3.85. The van der Waals surface area contributed by atoms with Gasteiger partial charge in [0.25, 0.3) is 0 Å². The van der Waals surface area contributed by atoms with Crippen LogP contribution >= 0.6 is 0 Å². The quantitative estimate of drug-likeness (QED) is 0.832. The van der Waals surface area contributed by atoms with Crippen LogP contribution in [0.25, 0.3) is 0 Å². The third-order valence-electron chi connectivity index (χ3n) is 3.27. The number of rotatable bonds is 3. The van der Waals surface area contributed by atoms with Crippen LogP contribution in [-0.4, -0.2) is 54.3 Å². The normalized spacial score (nSPS) is 19.0. The van der Waals surface area contributed by atoms with Crippen molar-refractivity contribution in [2.45, 2.75) is 39.3 Å². The smallest absolute Gasteiger partial charge is 0.330 e. The Kier molecular flexibility index (Phi) is 4.85. The molecule has 2 rings (SSSR count). The van der Waals surface area contributed by atoms with Crippen LogP contribution in [0.3, 0.4) is 0 Å². The number of piperazine rings is 1. The van der Waals surface area contributed by atoms with Crippen molar-refractivity contribution in [1.29, 1.82) is 0 Å². The van der Waals surface area contributed by atoms with Gasteiger partial charge in [-0.1, -0.05) is 0 Å². The molecule has 7 nitrogen and oxygen atoms in total. The number of nitrogens with one attached hydrogen (secondary N) is 1. The standard InChI is InChI=1S/C15H24N4O3/c1-10-17-9-12(21-5)13(18-10)19-7-6-16-8-11(19)14(20)22-15(2,3)4/h9,11,16H,6-8H2,1-5H3. The van der Waals surface area contributed by atoms with E-state index in [-0.39, 0.29) is 5.97 Å². The Bertz CT molecular complexity index is 542. The van der Waals surface area contributed by atoms with E-state index in [9.17, 15) is 4.79 Å². The van der Waals surface area contributed by atoms with E-state index in [1.54, 1.807) is 13.3 Å². The molecule has 1 aliphatic heterocycles. The highest BCUT2D eigenvalue weighted by atomic mass is 16.6. The average molecular weight is 308 g/mol. The first kappa shape index (κ1) is 16.5. The molecule has 1 unspecified atom stereocenters. The lowest BCUT2D eigenvalue weighted by molar-refractivity contribution is -0.156. The van der Waals surface area contributed by atoms with Crippen molar-refractivity contribution in [2.75, 3.05) is 31.6 Å². The highest BCUT2D eigenvalue weighted by Crippen LogP contribution is 2.28. The molecule has 2 heterocycles. The number of nitrogens with zero attached hydrogens (tertiary/aromatic N) is 3. The summed E-state index contributed by atoms with van der Waals surface area (Å²) in [5.41, 5.74) is -0.522. The molecule has 1 aromatic heterocycles. The van der Waals surface area contributed by atoms with E-state index in [2.05, 4.69) is 15.3 Å². The molecule has 1 aliphatic rings. The van der Waals surface area contributed by atoms with Gasteiger partial charge in [-0.2, -0.15) is 0 Å². The summed E-state index contributed by atoms with van der Waals surface area (Å²) in [5.74, 6) is 1.56. The summed E-state index contributed by atoms with van der Waals surface area (Å²) in [6.07, 6.45) is 1.63. The van der Waals surface area contributed by atoms with Crippen LogP contribution in [0.1, 0.15) is 26.6 Å². The van der Waals surface area contributed by atoms with Gasteiger partial charge in [0.2, 0.25) is 0 Å². The van der Waals surface area contributed by atoms with Crippen molar-refractivity contribution in [3.63, 3.8) is 0 Å². The Morgan fingerprint density at radius 1 is 1.45 bits per heavy atom. The lowest BCUT2D eigenvalue weighted by Gasteiger charge is -2.37. The number of hydrogen-bond acceptors (Lipinski definition) is 7. The SMILES string of the molecule is COc1cnc(C)nc1N1CCNCC1C(=O)OC(C)(C)C. The van der Waals surface area contributed by atoms with Crippen LogP contribution in [0.4, 0.5) is 5.82 Å². The van der Waals surface area contributed by atoms with E-state index < -0.39 is 11.6 Å². The molecule has 1 N–H and O–H groups in total. The molecule has 1 fully saturated rings. The maximum absolute atomic E-state index is 12.5. The van der Waals surface area contributed by atoms with Crippen LogP contribution in [0, 0.1) is 6.92 Å². The number of anilines is 1. The van der Waals surface area contributed by atoms with Crippen LogP contribution in [-0.2, 0) is 9.53 Å². The Morgan fingerprint density at radius 2 is 2.18 bits per heavy atom. The number of esters is 1. The molecular weight excluding hydrogens is 284 g/mol. The second-order valence-corrected chi connectivity index (χ2v) is 6.26. The Morgan fingerprint density at radius 3 is 2.82 bits per heavy atom. The number of carbonyl (C=O) groups is 1. The summed E-state index contributed by atoms with van der Waals surface area (Å²) >= 11 is 0. The molecule has 1 aromatic rings. The molecule has 0 bridgehead atoms. The molecule has 0 aliphatic carbocycles. The second-order valence-electron chi connectivity index (χ2n) is 6.26. The van der Waals surface area contributed by atoms with Gasteiger partial charge in [-0.25, -0.2) is 14.8 Å². The zero-order chi connectivity index (χ0) is 16.3. The molecule has 1 atom stereocenters. The molecule has 0 aromatic carbocycles. The molecule has 0 radical (unpaired) electrons. The van der Waals surface area contributed by atoms with E-state index >= 15 is 0 Å². The number of carbonyl (C=O) groups excluding carboxylic acids is 1. The summed E-state index contributed by atoms with van der Waals surface area (Å²) < 4.78 is 10.9. The summed E-state index contributed by atoms with van der Waals surface area (Å²) in [5, 5.41) is 3.23. The van der Waals surface area contributed by atoms with Crippen LogP contribution in [0.15, 0.2) is 6.20 Å². The molecule has 0 spiro atoms. The zero-order valence-electron chi connectivity index (χ0n) is 13.8. The second kappa shape index (κ2) is 6.48. The minimum absolute atomic E-state index is 0.266. The molecule has 122 valence electrons. The average Bonchev–Trinajstić information content (AvgIpc) is 2.45. The first-order chi connectivity index (χ1) is 10.3. The van der Waals surface area contributed by atoms with E-state index in [1.165, 1.54) is 0 Å². The van der Waals surface area contributed by atoms with Crippen LogP contribution in [0.2, 0.25) is 0 Å². The summed E-state index contributed by atoms with van der Waals surface area (Å²) in [4.78, 5) is 23.0. The number of aryl methyl sites for hydroxylation is 1. The fraction of sp³-hybridized carbons (Fsp3) is 0.667. The number of ether oxygens (including phenoxy) is 2. The summed E-state index contributed by atoms with van der Waals surface area (Å²) in [7, 11) is 1.57. The Balaban J connectivity index is 2.30. The number of hydrogen-bond donors (Lipinski definition) is 1. The highest BCUT2D eigenvalue weighted by molar-refractivity contribution is 5.81. The van der Waals surface area contributed by atoms with Crippen molar-refractivity contribution in [2.24, 2.45) is 0 Å². The largest absolute Gasteiger partial charge is 0.491 e. The fourth-order valence-electron chi connectivity index (χ4n) is 2.33. The van der Waals surface area contributed by atoms with Gasteiger partial charge in [0, 0.05) is 19.6 Å². The minimum Gasteiger partial charge on any atom is -0.491 e. The van der Waals surface area contributed by atoms with Crippen molar-refractivity contribution >= 4 is 11.8 Å². The molecule has 7 heteroatoms. The summed E-state index contributed by atoms with van der Waals surface area (Å²) in [6.45, 7) is 9.33. The first-order valence-electron chi connectivity index (χ1n) is 7.39. The van der Waals surface area contributed by atoms with E-state index in [4.69, 9.17) is 9.47 Å². The molecule has 0 saturated carbocycles. The maximum Gasteiger partial charge on any atom is 0.330 e. The monoisotopic (exact) mass is 308 g/mol. The third-order valence-corrected chi connectivity index (χ3v) is 3.27. The number of methoxy groups -OCH3 is 1. The Hall–Kier alpha value is -1.89. The fourth-order valence-corrected chi connectivity index (χ4v) is 2.33. The molecular formula is C15H24N4O3. The van der Waals surface area contributed by atoms with Crippen molar-refractivity contribution in [3.05, 3.63) is 12.0 Å². The van der Waals surface area contributed by atoms with Gasteiger partial charge in [0.05, 0.1) is 13.3 Å². The van der Waals surface area contributed by atoms with Gasteiger partial charge in [-0.3, -0.25) is 0 Å². The van der Waals surface area contributed by atoms with Gasteiger partial charge in [-0.05, 0) is 27.7 Å². The molecule has 22 heavy (non-hydrogen) atoms. The van der Waals surface area contributed by atoms with E-state index in [0.29, 0.717) is 30.5 Å². The molecule has 0 amide bonds. The van der Waals surface area contributed by atoms with Gasteiger partial charge in [-0.15, -0.1) is 0 Å². The van der Waals surface area contributed by atoms with Crippen LogP contribution < -0.4 is 15.0 Å². The van der Waals surface area contributed by atoms with Gasteiger partial charge < -0.3 is 19.7 Å². The van der Waals surface area contributed by atoms with Gasteiger partial charge >= 0.3 is 5.97 Å². The van der Waals surface area contributed by atoms with Crippen molar-refractivity contribution < 1.29 is 14.3 Å². The Labute approximate surface area is 131 Å². The predicted octanol–water partition coefficient (Wildman–Crippen LogP) is 0.914. The van der Waals surface area contributed by atoms with Crippen LogP contribution in [0.5, 0.6) is 5.75 Å². The van der Waals surface area contributed by atoms with Gasteiger partial charge in [0.1, 0.15) is 17.5 Å². The zero-order valence-corrected chi connectivity index (χ0v) is 13.8. The van der Waals surface area contributed by atoms with Gasteiger partial charge in [0.15, 0.2) is 11.6 Å². The lowest BCUT2D eigenvalue weighted by Crippen LogP contribution is -2.56. The minimum atomic E-state index is -0.522. The van der Waals surface area contributed by atoms with E-state index in [1.807, 2.05) is 32.6 Å². The maximum atomic E-state index is 12.5. The van der Waals surface area contributed by atoms with Crippen molar-refractivity contribution in [3.8, 4) is 5.75 Å². The highest BCUT2D eigenvalue weighted by Gasteiger charge is 2.34. The lowest BCUT2D eigenvalue weighted by atomic mass is 10.1. The first-order valence-corrected chi connectivity index (χ1v) is 7.39. The van der Waals surface area contributed by atoms with E-state index in [0.717, 1.165) is 6.54 Å².